The van der Waals surface area contributed by atoms with E-state index in [1.807, 2.05) is 4.90 Å². The number of aliphatic imine (C=N–C) groups is 1. The first kappa shape index (κ1) is 17.3. The molecule has 0 aromatic carbocycles. The van der Waals surface area contributed by atoms with E-state index in [1.54, 1.807) is 18.3 Å². The molecule has 1 fully saturated rings. The molecule has 1 aliphatic rings. The van der Waals surface area contributed by atoms with Gasteiger partial charge in [0.1, 0.15) is 11.6 Å². The van der Waals surface area contributed by atoms with Crippen molar-refractivity contribution in [3.8, 4) is 5.88 Å². The van der Waals surface area contributed by atoms with Crippen LogP contribution in [0.25, 0.3) is 0 Å². The molecule has 0 saturated carbocycles. The summed E-state index contributed by atoms with van der Waals surface area (Å²) in [6, 6.07) is 3.49. The minimum Gasteiger partial charge on any atom is -0.475 e. The normalized spacial score (nSPS) is 15.7. The molecule has 1 aliphatic heterocycles. The molecule has 8 heteroatoms. The van der Waals surface area contributed by atoms with Crippen LogP contribution in [0.3, 0.4) is 0 Å². The predicted octanol–water partition coefficient (Wildman–Crippen LogP) is 1.38. The van der Waals surface area contributed by atoms with E-state index in [9.17, 15) is 0 Å². The summed E-state index contributed by atoms with van der Waals surface area (Å²) in [5.41, 5.74) is 5.88. The maximum Gasteiger partial charge on any atom is 0.232 e. The van der Waals surface area contributed by atoms with Crippen LogP contribution in [0.4, 0.5) is 0 Å². The summed E-state index contributed by atoms with van der Waals surface area (Å²) in [5.74, 6) is 0.948. The van der Waals surface area contributed by atoms with Gasteiger partial charge < -0.3 is 20.1 Å². The Morgan fingerprint density at radius 3 is 2.95 bits per heavy atom. The van der Waals surface area contributed by atoms with Crippen molar-refractivity contribution in [3.05, 3.63) is 23.4 Å². The van der Waals surface area contributed by atoms with Gasteiger partial charge in [0.25, 0.3) is 0 Å². The van der Waals surface area contributed by atoms with Gasteiger partial charge in [-0.25, -0.2) is 9.98 Å². The molecule has 0 aliphatic carbocycles. The molecule has 2 N–H and O–H groups in total. The Kier molecular flexibility index (Phi) is 7.93. The largest absolute Gasteiger partial charge is 0.475 e. The van der Waals surface area contributed by atoms with Gasteiger partial charge in [-0.15, -0.1) is 24.0 Å². The molecule has 20 heavy (non-hydrogen) atoms. The molecule has 1 saturated heterocycles. The van der Waals surface area contributed by atoms with Gasteiger partial charge in [-0.2, -0.15) is 0 Å². The Morgan fingerprint density at radius 2 is 2.25 bits per heavy atom. The third-order valence-electron chi connectivity index (χ3n) is 2.66. The van der Waals surface area contributed by atoms with Crippen molar-refractivity contribution in [2.45, 2.75) is 0 Å². The lowest BCUT2D eigenvalue weighted by atomic mass is 10.4. The Labute approximate surface area is 140 Å². The fraction of sp³-hybridized carbons (Fsp3) is 0.500. The molecule has 6 nitrogen and oxygen atoms in total. The Morgan fingerprint density at radius 1 is 1.50 bits per heavy atom. The summed E-state index contributed by atoms with van der Waals surface area (Å²) in [6.45, 7) is 3.80. The number of halogens is 2. The minimum absolute atomic E-state index is 0. The highest BCUT2D eigenvalue weighted by atomic mass is 127. The average molecular weight is 413 g/mol. The van der Waals surface area contributed by atoms with Gasteiger partial charge in [-0.05, 0) is 12.1 Å². The third kappa shape index (κ3) is 5.29. The highest BCUT2D eigenvalue weighted by molar-refractivity contribution is 14.0. The van der Waals surface area contributed by atoms with E-state index in [2.05, 4.69) is 9.98 Å². The zero-order chi connectivity index (χ0) is 13.5. The van der Waals surface area contributed by atoms with Crippen LogP contribution in [0.5, 0.6) is 5.88 Å². The standard InChI is InChI=1S/C12H17ClN4O2.HI/c13-10-2-1-3-15-11(10)19-7-4-16-12(14)17-5-8-18-9-6-17;/h1-3H,4-9H2,(H2,14,16);1H. The summed E-state index contributed by atoms with van der Waals surface area (Å²) in [5, 5.41) is 0.493. The van der Waals surface area contributed by atoms with Crippen molar-refractivity contribution in [1.82, 2.24) is 9.88 Å². The summed E-state index contributed by atoms with van der Waals surface area (Å²) >= 11 is 5.92. The van der Waals surface area contributed by atoms with E-state index in [1.165, 1.54) is 0 Å². The molecule has 0 spiro atoms. The number of nitrogens with two attached hydrogens (primary N) is 1. The van der Waals surface area contributed by atoms with Gasteiger partial charge in [0.05, 0.1) is 19.8 Å². The second-order valence-corrected chi connectivity index (χ2v) is 4.39. The number of hydrogen-bond acceptors (Lipinski definition) is 4. The van der Waals surface area contributed by atoms with Crippen LogP contribution < -0.4 is 10.5 Å². The smallest absolute Gasteiger partial charge is 0.232 e. The molecule has 0 bridgehead atoms. The average Bonchev–Trinajstić information content (AvgIpc) is 2.46. The van der Waals surface area contributed by atoms with Gasteiger partial charge in [0, 0.05) is 19.3 Å². The van der Waals surface area contributed by atoms with E-state index < -0.39 is 0 Å². The minimum atomic E-state index is 0. The van der Waals surface area contributed by atoms with Crippen molar-refractivity contribution in [2.24, 2.45) is 10.7 Å². The quantitative estimate of drug-likeness (QED) is 0.350. The SMILES string of the molecule is I.NC(=NCCOc1ncccc1Cl)N1CCOCC1. The Balaban J connectivity index is 0.00000200. The highest BCUT2D eigenvalue weighted by Gasteiger charge is 2.11. The second-order valence-electron chi connectivity index (χ2n) is 3.98. The molecule has 1 aromatic rings. The van der Waals surface area contributed by atoms with Crippen molar-refractivity contribution in [1.29, 1.82) is 0 Å². The number of nitrogens with zero attached hydrogens (tertiary/aromatic N) is 3. The molecule has 0 amide bonds. The lowest BCUT2D eigenvalue weighted by Crippen LogP contribution is -2.45. The van der Waals surface area contributed by atoms with Crippen LogP contribution in [0.2, 0.25) is 5.02 Å². The number of hydrogen-bond donors (Lipinski definition) is 1. The van der Waals surface area contributed by atoms with E-state index in [4.69, 9.17) is 26.8 Å². The van der Waals surface area contributed by atoms with E-state index in [0.717, 1.165) is 13.1 Å². The number of rotatable bonds is 4. The maximum atomic E-state index is 5.92. The topological polar surface area (TPSA) is 73.0 Å². The van der Waals surface area contributed by atoms with Crippen molar-refractivity contribution >= 4 is 41.5 Å². The number of guanidine groups is 1. The van der Waals surface area contributed by atoms with Crippen molar-refractivity contribution < 1.29 is 9.47 Å². The Hall–Kier alpha value is -0.800. The van der Waals surface area contributed by atoms with Gasteiger partial charge in [-0.1, -0.05) is 11.6 Å². The summed E-state index contributed by atoms with van der Waals surface area (Å²) in [7, 11) is 0. The highest BCUT2D eigenvalue weighted by Crippen LogP contribution is 2.19. The first-order valence-corrected chi connectivity index (χ1v) is 6.51. The third-order valence-corrected chi connectivity index (χ3v) is 2.95. The number of ether oxygens (including phenoxy) is 2. The second kappa shape index (κ2) is 9.19. The maximum absolute atomic E-state index is 5.92. The lowest BCUT2D eigenvalue weighted by Gasteiger charge is -2.27. The summed E-state index contributed by atoms with van der Waals surface area (Å²) in [4.78, 5) is 10.3. The summed E-state index contributed by atoms with van der Waals surface area (Å²) < 4.78 is 10.7. The Bertz CT molecular complexity index is 441. The van der Waals surface area contributed by atoms with Crippen LogP contribution in [-0.4, -0.2) is 55.3 Å². The molecule has 0 atom stereocenters. The molecule has 0 unspecified atom stereocenters. The first-order chi connectivity index (χ1) is 9.27. The zero-order valence-corrected chi connectivity index (χ0v) is 14.1. The molecule has 1 aromatic heterocycles. The van der Waals surface area contributed by atoms with Crippen LogP contribution in [0, 0.1) is 0 Å². The fourth-order valence-electron chi connectivity index (χ4n) is 1.67. The zero-order valence-electron chi connectivity index (χ0n) is 11.0. The van der Waals surface area contributed by atoms with Crippen LogP contribution in [-0.2, 0) is 4.74 Å². The summed E-state index contributed by atoms with van der Waals surface area (Å²) in [6.07, 6.45) is 1.63. The molecule has 0 radical (unpaired) electrons. The van der Waals surface area contributed by atoms with Gasteiger partial charge in [0.2, 0.25) is 5.88 Å². The number of aromatic nitrogens is 1. The predicted molar refractivity (Wildman–Crippen MR) is 89.0 cm³/mol. The lowest BCUT2D eigenvalue weighted by molar-refractivity contribution is 0.0674. The fourth-order valence-corrected chi connectivity index (χ4v) is 1.85. The molecular weight excluding hydrogens is 395 g/mol. The first-order valence-electron chi connectivity index (χ1n) is 6.13. The molecule has 2 heterocycles. The molecule has 112 valence electrons. The van der Waals surface area contributed by atoms with E-state index >= 15 is 0 Å². The van der Waals surface area contributed by atoms with Crippen LogP contribution in [0.15, 0.2) is 23.3 Å². The monoisotopic (exact) mass is 412 g/mol. The van der Waals surface area contributed by atoms with Crippen molar-refractivity contribution in [3.63, 3.8) is 0 Å². The van der Waals surface area contributed by atoms with Gasteiger partial charge in [0.15, 0.2) is 5.96 Å². The molecular formula is C12H18ClIN4O2. The van der Waals surface area contributed by atoms with Crippen molar-refractivity contribution in [2.75, 3.05) is 39.5 Å². The number of morpholine rings is 1. The van der Waals surface area contributed by atoms with Gasteiger partial charge >= 0.3 is 0 Å². The van der Waals surface area contributed by atoms with Crippen LogP contribution in [0.1, 0.15) is 0 Å². The van der Waals surface area contributed by atoms with E-state index in [0.29, 0.717) is 43.2 Å². The van der Waals surface area contributed by atoms with Gasteiger partial charge in [-0.3, -0.25) is 0 Å². The molecule has 2 rings (SSSR count). The number of pyridine rings is 1. The van der Waals surface area contributed by atoms with E-state index in [-0.39, 0.29) is 24.0 Å². The van der Waals surface area contributed by atoms with Crippen LogP contribution >= 0.6 is 35.6 Å².